The van der Waals surface area contributed by atoms with Crippen molar-refractivity contribution in [2.75, 3.05) is 19.9 Å². The number of methoxy groups -OCH3 is 1. The Labute approximate surface area is 130 Å². The minimum absolute atomic E-state index is 0.207. The molecule has 1 aliphatic carbocycles. The largest absolute Gasteiger partial charge is 0.497 e. The number of nitrogens with one attached hydrogen (secondary N) is 1. The lowest BCUT2D eigenvalue weighted by Crippen LogP contribution is -2.53. The van der Waals surface area contributed by atoms with Crippen molar-refractivity contribution in [3.05, 3.63) is 24.3 Å². The molecule has 1 fully saturated rings. The van der Waals surface area contributed by atoms with Crippen LogP contribution in [0, 0.1) is 5.92 Å². The van der Waals surface area contributed by atoms with Gasteiger partial charge in [-0.3, -0.25) is 4.79 Å². The maximum absolute atomic E-state index is 11.6. The van der Waals surface area contributed by atoms with Gasteiger partial charge in [0.25, 0.3) is 0 Å². The number of rotatable bonds is 7. The van der Waals surface area contributed by atoms with Crippen molar-refractivity contribution in [2.24, 2.45) is 5.92 Å². The molecular weight excluding hydrogens is 286 g/mol. The van der Waals surface area contributed by atoms with E-state index < -0.39 is 11.5 Å². The Bertz CT molecular complexity index is 494. The molecule has 2 unspecified atom stereocenters. The maximum atomic E-state index is 11.6. The van der Waals surface area contributed by atoms with Gasteiger partial charge < -0.3 is 15.2 Å². The van der Waals surface area contributed by atoms with Gasteiger partial charge in [0.15, 0.2) is 0 Å². The van der Waals surface area contributed by atoms with Gasteiger partial charge in [0.1, 0.15) is 11.3 Å². The Hall–Kier alpha value is -1.20. The topological polar surface area (TPSA) is 58.6 Å². The summed E-state index contributed by atoms with van der Waals surface area (Å²) < 4.78 is 5.22. The number of carboxylic acids is 1. The zero-order valence-corrected chi connectivity index (χ0v) is 13.4. The summed E-state index contributed by atoms with van der Waals surface area (Å²) in [6, 6.07) is 7.98. The second kappa shape index (κ2) is 7.18. The smallest absolute Gasteiger partial charge is 0.324 e. The van der Waals surface area contributed by atoms with Gasteiger partial charge in [-0.05, 0) is 56.2 Å². The molecule has 1 saturated carbocycles. The molecule has 5 heteroatoms. The number of carbonyl (C=O) groups is 1. The highest BCUT2D eigenvalue weighted by atomic mass is 32.2. The predicted molar refractivity (Wildman–Crippen MR) is 85.1 cm³/mol. The highest BCUT2D eigenvalue weighted by molar-refractivity contribution is 7.99. The van der Waals surface area contributed by atoms with Crippen LogP contribution >= 0.6 is 11.8 Å². The third-order valence-electron chi connectivity index (χ3n) is 4.42. The molecule has 0 saturated heterocycles. The molecule has 2 rings (SSSR count). The normalized spacial score (nSPS) is 25.0. The summed E-state index contributed by atoms with van der Waals surface area (Å²) >= 11 is 1.76. The first-order valence-electron chi connectivity index (χ1n) is 7.31. The van der Waals surface area contributed by atoms with Crippen LogP contribution in [-0.4, -0.2) is 36.5 Å². The molecule has 0 spiro atoms. The summed E-state index contributed by atoms with van der Waals surface area (Å²) in [4.78, 5) is 12.8. The van der Waals surface area contributed by atoms with Gasteiger partial charge in [-0.2, -0.15) is 0 Å². The Morgan fingerprint density at radius 1 is 1.57 bits per heavy atom. The molecule has 1 aromatic rings. The second-order valence-corrected chi connectivity index (χ2v) is 6.60. The zero-order chi connectivity index (χ0) is 15.3. The Morgan fingerprint density at radius 3 is 3.05 bits per heavy atom. The summed E-state index contributed by atoms with van der Waals surface area (Å²) in [5, 5.41) is 12.6. The van der Waals surface area contributed by atoms with Crippen LogP contribution in [0.3, 0.4) is 0 Å². The lowest BCUT2D eigenvalue weighted by Gasteiger charge is -2.31. The van der Waals surface area contributed by atoms with Crippen LogP contribution < -0.4 is 10.1 Å². The maximum Gasteiger partial charge on any atom is 0.324 e. The van der Waals surface area contributed by atoms with Crippen LogP contribution in [0.2, 0.25) is 0 Å². The highest BCUT2D eigenvalue weighted by Gasteiger charge is 2.47. The van der Waals surface area contributed by atoms with Crippen molar-refractivity contribution >= 4 is 17.7 Å². The van der Waals surface area contributed by atoms with E-state index in [-0.39, 0.29) is 5.92 Å². The van der Waals surface area contributed by atoms with Crippen molar-refractivity contribution in [3.63, 3.8) is 0 Å². The van der Waals surface area contributed by atoms with E-state index in [4.69, 9.17) is 4.74 Å². The Balaban J connectivity index is 1.92. The third-order valence-corrected chi connectivity index (χ3v) is 5.45. The third kappa shape index (κ3) is 3.52. The second-order valence-electron chi connectivity index (χ2n) is 5.43. The summed E-state index contributed by atoms with van der Waals surface area (Å²) in [5.41, 5.74) is -0.727. The van der Waals surface area contributed by atoms with E-state index in [0.29, 0.717) is 0 Å². The van der Waals surface area contributed by atoms with Crippen molar-refractivity contribution in [3.8, 4) is 5.75 Å². The number of hydrogen-bond donors (Lipinski definition) is 2. The molecule has 21 heavy (non-hydrogen) atoms. The zero-order valence-electron chi connectivity index (χ0n) is 12.6. The molecule has 0 bridgehead atoms. The predicted octanol–water partition coefficient (Wildman–Crippen LogP) is 3.02. The van der Waals surface area contributed by atoms with Crippen molar-refractivity contribution in [2.45, 2.75) is 36.1 Å². The molecule has 1 aromatic carbocycles. The minimum atomic E-state index is -0.727. The average molecular weight is 309 g/mol. The van der Waals surface area contributed by atoms with Crippen molar-refractivity contribution in [1.29, 1.82) is 0 Å². The first-order valence-corrected chi connectivity index (χ1v) is 8.30. The fourth-order valence-corrected chi connectivity index (χ4v) is 4.21. The van der Waals surface area contributed by atoms with Gasteiger partial charge in [-0.25, -0.2) is 0 Å². The number of likely N-dealkylation sites (N-methyl/N-ethyl adjacent to an activating group) is 1. The van der Waals surface area contributed by atoms with E-state index in [2.05, 4.69) is 11.4 Å². The van der Waals surface area contributed by atoms with Gasteiger partial charge >= 0.3 is 5.97 Å². The number of hydrogen-bond acceptors (Lipinski definition) is 4. The lowest BCUT2D eigenvalue weighted by molar-refractivity contribution is -0.146. The van der Waals surface area contributed by atoms with Crippen LogP contribution in [0.4, 0.5) is 0 Å². The van der Waals surface area contributed by atoms with E-state index in [1.165, 1.54) is 0 Å². The van der Waals surface area contributed by atoms with Gasteiger partial charge in [0.05, 0.1) is 7.11 Å². The van der Waals surface area contributed by atoms with Crippen LogP contribution in [0.15, 0.2) is 29.2 Å². The van der Waals surface area contributed by atoms with E-state index >= 15 is 0 Å². The van der Waals surface area contributed by atoms with E-state index in [1.807, 2.05) is 18.2 Å². The summed E-state index contributed by atoms with van der Waals surface area (Å²) in [6.45, 7) is 0. The molecule has 2 atom stereocenters. The monoisotopic (exact) mass is 309 g/mol. The molecule has 0 amide bonds. The molecule has 1 aliphatic rings. The molecule has 0 aliphatic heterocycles. The minimum Gasteiger partial charge on any atom is -0.497 e. The number of carboxylic acid groups (broad SMARTS) is 1. The average Bonchev–Trinajstić information content (AvgIpc) is 2.92. The van der Waals surface area contributed by atoms with Gasteiger partial charge in [0, 0.05) is 4.90 Å². The van der Waals surface area contributed by atoms with E-state index in [9.17, 15) is 9.90 Å². The SMILES string of the molecule is CNC1(C(=O)O)CCCC1CCSc1cccc(OC)c1. The number of ether oxygens (including phenoxy) is 1. The van der Waals surface area contributed by atoms with Gasteiger partial charge in [-0.1, -0.05) is 12.5 Å². The standard InChI is InChI=1S/C16H23NO3S/c1-17-16(15(18)19)9-4-5-12(16)8-10-21-14-7-3-6-13(11-14)20-2/h3,6-7,11-12,17H,4-5,8-10H2,1-2H3,(H,18,19). The molecule has 4 nitrogen and oxygen atoms in total. The molecule has 0 radical (unpaired) electrons. The first-order chi connectivity index (χ1) is 10.1. The molecule has 2 N–H and O–H groups in total. The van der Waals surface area contributed by atoms with E-state index in [1.54, 1.807) is 25.9 Å². The molecular formula is C16H23NO3S. The van der Waals surface area contributed by atoms with Crippen LogP contribution in [-0.2, 0) is 4.79 Å². The first kappa shape index (κ1) is 16.2. The highest BCUT2D eigenvalue weighted by Crippen LogP contribution is 2.39. The summed E-state index contributed by atoms with van der Waals surface area (Å²) in [5.74, 6) is 1.28. The van der Waals surface area contributed by atoms with Crippen LogP contribution in [0.1, 0.15) is 25.7 Å². The summed E-state index contributed by atoms with van der Waals surface area (Å²) in [6.07, 6.45) is 3.62. The fourth-order valence-electron chi connectivity index (χ4n) is 3.20. The number of aliphatic carboxylic acids is 1. The quantitative estimate of drug-likeness (QED) is 0.758. The van der Waals surface area contributed by atoms with E-state index in [0.717, 1.165) is 42.1 Å². The summed E-state index contributed by atoms with van der Waals surface area (Å²) in [7, 11) is 3.43. The fraction of sp³-hybridized carbons (Fsp3) is 0.562. The number of benzene rings is 1. The van der Waals surface area contributed by atoms with Crippen molar-refractivity contribution < 1.29 is 14.6 Å². The Kier molecular flexibility index (Phi) is 5.53. The van der Waals surface area contributed by atoms with Gasteiger partial charge in [-0.15, -0.1) is 11.8 Å². The van der Waals surface area contributed by atoms with Crippen LogP contribution in [0.25, 0.3) is 0 Å². The number of thioether (sulfide) groups is 1. The Morgan fingerprint density at radius 2 is 2.38 bits per heavy atom. The van der Waals surface area contributed by atoms with Crippen molar-refractivity contribution in [1.82, 2.24) is 5.32 Å². The van der Waals surface area contributed by atoms with Crippen LogP contribution in [0.5, 0.6) is 5.75 Å². The molecule has 0 heterocycles. The lowest BCUT2D eigenvalue weighted by atomic mass is 9.85. The molecule has 116 valence electrons. The molecule has 0 aromatic heterocycles. The van der Waals surface area contributed by atoms with Gasteiger partial charge in [0.2, 0.25) is 0 Å².